The lowest BCUT2D eigenvalue weighted by molar-refractivity contribution is -0.151. The predicted molar refractivity (Wildman–Crippen MR) is 106 cm³/mol. The van der Waals surface area contributed by atoms with Gasteiger partial charge in [-0.1, -0.05) is 18.2 Å². The number of methoxy groups -OCH3 is 2. The van der Waals surface area contributed by atoms with Crippen LogP contribution >= 0.6 is 0 Å². The average Bonchev–Trinajstić information content (AvgIpc) is 2.73. The lowest BCUT2D eigenvalue weighted by Gasteiger charge is -2.30. The molecule has 2 aromatic rings. The van der Waals surface area contributed by atoms with Gasteiger partial charge >= 0.3 is 5.97 Å². The largest absolute Gasteiger partial charge is 0.497 e. The number of allylic oxidation sites excluding steroid dienone is 2. The zero-order valence-corrected chi connectivity index (χ0v) is 16.6. The standard InChI is InChI=1S/C23H23FO5/c1-4-29-23(26)22-19(18-7-5-6-8-20(18)24)11-15(12-21(22)25)14-9-16(27-2)13-17(10-14)28-3/h5-10,12-13,19,22H,4,11H2,1-3H3/t19-,22-/m0/s1. The van der Waals surface area contributed by atoms with Crippen molar-refractivity contribution < 1.29 is 28.2 Å². The van der Waals surface area contributed by atoms with E-state index >= 15 is 0 Å². The molecule has 6 heteroatoms. The van der Waals surface area contributed by atoms with Crippen LogP contribution in [0, 0.1) is 11.7 Å². The third-order valence-corrected chi connectivity index (χ3v) is 5.03. The molecule has 152 valence electrons. The molecule has 0 aromatic heterocycles. The SMILES string of the molecule is CCOC(=O)[C@@H]1C(=O)C=C(c2cc(OC)cc(OC)c2)C[C@H]1c1ccccc1F. The highest BCUT2D eigenvalue weighted by atomic mass is 19.1. The van der Waals surface area contributed by atoms with Gasteiger partial charge in [-0.3, -0.25) is 9.59 Å². The highest BCUT2D eigenvalue weighted by molar-refractivity contribution is 6.10. The number of carbonyl (C=O) groups excluding carboxylic acids is 2. The number of esters is 1. The van der Waals surface area contributed by atoms with Crippen molar-refractivity contribution in [2.75, 3.05) is 20.8 Å². The monoisotopic (exact) mass is 398 g/mol. The Balaban J connectivity index is 2.08. The van der Waals surface area contributed by atoms with E-state index in [1.54, 1.807) is 43.3 Å². The minimum Gasteiger partial charge on any atom is -0.497 e. The summed E-state index contributed by atoms with van der Waals surface area (Å²) in [6.07, 6.45) is 1.74. The minimum atomic E-state index is -1.08. The van der Waals surface area contributed by atoms with Gasteiger partial charge in [-0.25, -0.2) is 4.39 Å². The van der Waals surface area contributed by atoms with Gasteiger partial charge < -0.3 is 14.2 Å². The number of carbonyl (C=O) groups is 2. The number of hydrogen-bond acceptors (Lipinski definition) is 5. The summed E-state index contributed by atoms with van der Waals surface area (Å²) in [5.41, 5.74) is 1.72. The Hall–Kier alpha value is -3.15. The van der Waals surface area contributed by atoms with Crippen LogP contribution in [0.25, 0.3) is 5.57 Å². The van der Waals surface area contributed by atoms with E-state index in [2.05, 4.69) is 0 Å². The first-order valence-corrected chi connectivity index (χ1v) is 9.37. The van der Waals surface area contributed by atoms with E-state index in [9.17, 15) is 14.0 Å². The quantitative estimate of drug-likeness (QED) is 0.540. The molecule has 0 N–H and O–H groups in total. The van der Waals surface area contributed by atoms with E-state index in [1.807, 2.05) is 0 Å². The summed E-state index contributed by atoms with van der Waals surface area (Å²) < 4.78 is 30.3. The molecule has 29 heavy (non-hydrogen) atoms. The highest BCUT2D eigenvalue weighted by Crippen LogP contribution is 2.42. The maximum Gasteiger partial charge on any atom is 0.317 e. The number of rotatable bonds is 6. The molecule has 5 nitrogen and oxygen atoms in total. The van der Waals surface area contributed by atoms with Crippen molar-refractivity contribution in [2.24, 2.45) is 5.92 Å². The van der Waals surface area contributed by atoms with Gasteiger partial charge in [0.25, 0.3) is 0 Å². The summed E-state index contributed by atoms with van der Waals surface area (Å²) in [6, 6.07) is 11.5. The molecule has 3 rings (SSSR count). The number of hydrogen-bond donors (Lipinski definition) is 0. The van der Waals surface area contributed by atoms with Crippen LogP contribution in [-0.4, -0.2) is 32.6 Å². The molecule has 0 fully saturated rings. The van der Waals surface area contributed by atoms with Crippen molar-refractivity contribution in [3.05, 3.63) is 65.5 Å². The van der Waals surface area contributed by atoms with Crippen molar-refractivity contribution >= 4 is 17.3 Å². The molecule has 1 aliphatic carbocycles. The van der Waals surface area contributed by atoms with E-state index < -0.39 is 29.4 Å². The average molecular weight is 398 g/mol. The molecule has 0 saturated heterocycles. The molecule has 1 aliphatic rings. The van der Waals surface area contributed by atoms with Crippen LogP contribution in [0.5, 0.6) is 11.5 Å². The summed E-state index contributed by atoms with van der Waals surface area (Å²) in [6.45, 7) is 1.82. The van der Waals surface area contributed by atoms with Gasteiger partial charge in [-0.2, -0.15) is 0 Å². The Bertz CT molecular complexity index is 928. The fourth-order valence-corrected chi connectivity index (χ4v) is 3.65. The maximum atomic E-state index is 14.6. The van der Waals surface area contributed by atoms with Crippen molar-refractivity contribution in [1.82, 2.24) is 0 Å². The lowest BCUT2D eigenvalue weighted by atomic mass is 9.73. The first kappa shape index (κ1) is 20.6. The van der Waals surface area contributed by atoms with Gasteiger partial charge in [0.15, 0.2) is 5.78 Å². The van der Waals surface area contributed by atoms with Crippen molar-refractivity contribution in [3.8, 4) is 11.5 Å². The molecular formula is C23H23FO5. The van der Waals surface area contributed by atoms with Crippen LogP contribution in [0.2, 0.25) is 0 Å². The van der Waals surface area contributed by atoms with Crippen LogP contribution < -0.4 is 9.47 Å². The molecule has 2 aromatic carbocycles. The van der Waals surface area contributed by atoms with Crippen LogP contribution in [0.1, 0.15) is 30.4 Å². The Kier molecular flexibility index (Phi) is 6.32. The molecule has 0 heterocycles. The first-order chi connectivity index (χ1) is 14.0. The molecule has 2 atom stereocenters. The normalized spacial score (nSPS) is 18.8. The van der Waals surface area contributed by atoms with E-state index in [0.717, 1.165) is 5.56 Å². The molecule has 0 bridgehead atoms. The van der Waals surface area contributed by atoms with Gasteiger partial charge in [0, 0.05) is 12.0 Å². The zero-order chi connectivity index (χ0) is 21.0. The van der Waals surface area contributed by atoms with Crippen LogP contribution in [-0.2, 0) is 14.3 Å². The summed E-state index contributed by atoms with van der Waals surface area (Å²) in [7, 11) is 3.08. The summed E-state index contributed by atoms with van der Waals surface area (Å²) in [4.78, 5) is 25.4. The van der Waals surface area contributed by atoms with Crippen molar-refractivity contribution in [1.29, 1.82) is 0 Å². The third-order valence-electron chi connectivity index (χ3n) is 5.03. The first-order valence-electron chi connectivity index (χ1n) is 9.37. The fraction of sp³-hybridized carbons (Fsp3) is 0.304. The number of benzene rings is 2. The van der Waals surface area contributed by atoms with E-state index in [4.69, 9.17) is 14.2 Å². The molecule has 0 aliphatic heterocycles. The smallest absolute Gasteiger partial charge is 0.317 e. The number of ketones is 1. The van der Waals surface area contributed by atoms with Crippen molar-refractivity contribution in [2.45, 2.75) is 19.3 Å². The van der Waals surface area contributed by atoms with Crippen LogP contribution in [0.15, 0.2) is 48.5 Å². The Morgan fingerprint density at radius 2 is 1.76 bits per heavy atom. The molecule has 0 amide bonds. The molecular weight excluding hydrogens is 375 g/mol. The highest BCUT2D eigenvalue weighted by Gasteiger charge is 2.40. The maximum absolute atomic E-state index is 14.6. The van der Waals surface area contributed by atoms with Crippen molar-refractivity contribution in [3.63, 3.8) is 0 Å². The minimum absolute atomic E-state index is 0.149. The number of ether oxygens (including phenoxy) is 3. The third kappa shape index (κ3) is 4.31. The molecule has 0 spiro atoms. The summed E-state index contributed by atoms with van der Waals surface area (Å²) in [5.74, 6) is -2.10. The number of halogens is 1. The van der Waals surface area contributed by atoms with E-state index in [1.165, 1.54) is 26.4 Å². The van der Waals surface area contributed by atoms with Gasteiger partial charge in [-0.15, -0.1) is 0 Å². The zero-order valence-electron chi connectivity index (χ0n) is 16.6. The molecule has 0 unspecified atom stereocenters. The Morgan fingerprint density at radius 1 is 1.10 bits per heavy atom. The topological polar surface area (TPSA) is 61.8 Å². The van der Waals surface area contributed by atoms with E-state index in [0.29, 0.717) is 29.1 Å². The summed E-state index contributed by atoms with van der Waals surface area (Å²) >= 11 is 0. The second-order valence-electron chi connectivity index (χ2n) is 6.74. The predicted octanol–water partition coefficient (Wildman–Crippen LogP) is 4.16. The Labute approximate surface area is 169 Å². The fourth-order valence-electron chi connectivity index (χ4n) is 3.65. The second-order valence-corrected chi connectivity index (χ2v) is 6.74. The van der Waals surface area contributed by atoms with Crippen LogP contribution in [0.4, 0.5) is 4.39 Å². The van der Waals surface area contributed by atoms with Gasteiger partial charge in [0.2, 0.25) is 0 Å². The molecule has 0 radical (unpaired) electrons. The van der Waals surface area contributed by atoms with Gasteiger partial charge in [-0.05, 0) is 54.3 Å². The second kappa shape index (κ2) is 8.90. The van der Waals surface area contributed by atoms with Crippen LogP contribution in [0.3, 0.4) is 0 Å². The van der Waals surface area contributed by atoms with E-state index in [-0.39, 0.29) is 6.61 Å². The van der Waals surface area contributed by atoms with Gasteiger partial charge in [0.1, 0.15) is 23.2 Å². The van der Waals surface area contributed by atoms with Gasteiger partial charge in [0.05, 0.1) is 20.8 Å². The Morgan fingerprint density at radius 3 is 2.34 bits per heavy atom. The molecule has 0 saturated carbocycles. The summed E-state index contributed by atoms with van der Waals surface area (Å²) in [5, 5.41) is 0. The lowest BCUT2D eigenvalue weighted by Crippen LogP contribution is -2.34.